The number of fused-ring (bicyclic) bond motifs is 1. The van der Waals surface area contributed by atoms with Crippen molar-refractivity contribution in [1.29, 1.82) is 0 Å². The Morgan fingerprint density at radius 3 is 2.24 bits per heavy atom. The molecule has 0 spiro atoms. The number of carbonyl (C=O) groups is 1. The molecule has 2 aliphatic heterocycles. The number of rotatable bonds is 9. The topological polar surface area (TPSA) is 81.7 Å². The molecular formula is C25H32O8Si. The molecule has 8 nitrogen and oxygen atoms in total. The maximum absolute atomic E-state index is 12.9. The number of hydrogen-bond acceptors (Lipinski definition) is 8. The Morgan fingerprint density at radius 2 is 1.62 bits per heavy atom. The summed E-state index contributed by atoms with van der Waals surface area (Å²) in [6, 6.07) is 9.58. The number of hydrogen-bond donors (Lipinski definition) is 0. The van der Waals surface area contributed by atoms with E-state index in [1.807, 2.05) is 30.3 Å². The average Bonchev–Trinajstić information content (AvgIpc) is 3.42. The smallest absolute Gasteiger partial charge is 0.309 e. The highest BCUT2D eigenvalue weighted by molar-refractivity contribution is 6.69. The van der Waals surface area contributed by atoms with E-state index in [9.17, 15) is 4.79 Å². The lowest BCUT2D eigenvalue weighted by molar-refractivity contribution is -0.141. The zero-order chi connectivity index (χ0) is 24.5. The lowest BCUT2D eigenvalue weighted by Crippen LogP contribution is -2.34. The highest BCUT2D eigenvalue weighted by Gasteiger charge is 2.44. The highest BCUT2D eigenvalue weighted by atomic mass is 28.4. The molecule has 0 amide bonds. The van der Waals surface area contributed by atoms with Crippen LogP contribution >= 0.6 is 0 Å². The van der Waals surface area contributed by atoms with Crippen molar-refractivity contribution in [2.45, 2.75) is 32.2 Å². The number of ether oxygens (including phenoxy) is 6. The van der Waals surface area contributed by atoms with Gasteiger partial charge in [0.05, 0.1) is 40.0 Å². The third-order valence-electron chi connectivity index (χ3n) is 6.01. The van der Waals surface area contributed by atoms with Gasteiger partial charge in [-0.2, -0.15) is 0 Å². The van der Waals surface area contributed by atoms with E-state index < -0.39 is 14.2 Å². The molecule has 3 atom stereocenters. The van der Waals surface area contributed by atoms with E-state index in [0.29, 0.717) is 35.2 Å². The van der Waals surface area contributed by atoms with E-state index >= 15 is 0 Å². The summed E-state index contributed by atoms with van der Waals surface area (Å²) in [7, 11) is 2.74. The minimum absolute atomic E-state index is 0.168. The third-order valence-corrected chi connectivity index (χ3v) is 6.97. The molecule has 0 N–H and O–H groups in total. The predicted molar refractivity (Wildman–Crippen MR) is 127 cm³/mol. The molecule has 0 radical (unpaired) electrons. The van der Waals surface area contributed by atoms with Crippen LogP contribution in [0.4, 0.5) is 0 Å². The van der Waals surface area contributed by atoms with E-state index in [1.54, 1.807) is 21.3 Å². The maximum atomic E-state index is 12.9. The maximum Gasteiger partial charge on any atom is 0.309 e. The van der Waals surface area contributed by atoms with Crippen LogP contribution in [0.5, 0.6) is 28.7 Å². The van der Waals surface area contributed by atoms with Crippen LogP contribution < -0.4 is 23.7 Å². The van der Waals surface area contributed by atoms with Crippen molar-refractivity contribution in [3.05, 3.63) is 41.5 Å². The van der Waals surface area contributed by atoms with Gasteiger partial charge < -0.3 is 32.8 Å². The third kappa shape index (κ3) is 4.95. The number of benzene rings is 2. The number of esters is 1. The summed E-state index contributed by atoms with van der Waals surface area (Å²) in [5, 5.41) is 0. The van der Waals surface area contributed by atoms with Crippen molar-refractivity contribution in [3.8, 4) is 28.7 Å². The van der Waals surface area contributed by atoms with Crippen LogP contribution in [0.1, 0.15) is 17.2 Å². The molecule has 9 heteroatoms. The van der Waals surface area contributed by atoms with Crippen LogP contribution in [0.3, 0.4) is 0 Å². The Hall–Kier alpha value is -2.91. The molecule has 0 aliphatic carbocycles. The van der Waals surface area contributed by atoms with Gasteiger partial charge in [0.25, 0.3) is 0 Å². The molecule has 0 aromatic heterocycles. The van der Waals surface area contributed by atoms with Gasteiger partial charge in [0.2, 0.25) is 12.5 Å². The lowest BCUT2D eigenvalue weighted by atomic mass is 9.83. The summed E-state index contributed by atoms with van der Waals surface area (Å²) in [5.41, 5.74) is 1.84. The molecule has 2 aromatic rings. The first-order valence-corrected chi connectivity index (χ1v) is 14.7. The zero-order valence-corrected chi connectivity index (χ0v) is 21.5. The first-order valence-electron chi connectivity index (χ1n) is 11.3. The number of carbonyl (C=O) groups excluding carboxylic acids is 1. The first kappa shape index (κ1) is 24.2. The molecule has 0 unspecified atom stereocenters. The Kier molecular flexibility index (Phi) is 6.95. The molecule has 2 aromatic carbocycles. The Morgan fingerprint density at radius 1 is 0.941 bits per heavy atom. The average molecular weight is 489 g/mol. The fourth-order valence-corrected chi connectivity index (χ4v) is 5.56. The lowest BCUT2D eigenvalue weighted by Gasteiger charge is -2.32. The van der Waals surface area contributed by atoms with E-state index in [2.05, 4.69) is 19.6 Å². The minimum atomic E-state index is -1.98. The largest absolute Gasteiger partial charge is 0.493 e. The van der Waals surface area contributed by atoms with Crippen LogP contribution in [0.25, 0.3) is 0 Å². The van der Waals surface area contributed by atoms with Gasteiger partial charge in [0, 0.05) is 5.92 Å². The first-order chi connectivity index (χ1) is 16.2. The van der Waals surface area contributed by atoms with Crippen LogP contribution in [-0.2, 0) is 20.4 Å². The van der Waals surface area contributed by atoms with E-state index in [1.165, 1.54) is 0 Å². The molecule has 1 saturated heterocycles. The summed E-state index contributed by atoms with van der Waals surface area (Å²) < 4.78 is 39.7. The normalized spacial score (nSPS) is 20.1. The summed E-state index contributed by atoms with van der Waals surface area (Å²) in [5.74, 6) is 2.21. The van der Waals surface area contributed by atoms with E-state index in [-0.39, 0.29) is 31.4 Å². The molecule has 0 bridgehead atoms. The predicted octanol–water partition coefficient (Wildman–Crippen LogP) is 4.37. The minimum Gasteiger partial charge on any atom is -0.493 e. The molecule has 34 heavy (non-hydrogen) atoms. The molecule has 184 valence electrons. The van der Waals surface area contributed by atoms with Gasteiger partial charge in [-0.3, -0.25) is 4.79 Å². The van der Waals surface area contributed by atoms with Gasteiger partial charge in [0.1, 0.15) is 0 Å². The monoisotopic (exact) mass is 488 g/mol. The molecule has 1 fully saturated rings. The summed E-state index contributed by atoms with van der Waals surface area (Å²) >= 11 is 0. The van der Waals surface area contributed by atoms with Gasteiger partial charge in [-0.05, 0) is 61.5 Å². The standard InChI is InChI=1S/C25H32O8Si/c1-27-21-10-15(11-22(28-2)24(21)29-3)9-17-18(13-30-25(17)26)23(33-34(4,5)6)16-7-8-19-20(12-16)32-14-31-19/h7-8,10-12,17-18,23H,9,13-14H2,1-6H3/t17-,18+,23-/m1/s1. The Bertz CT molecular complexity index is 1020. The fraction of sp³-hybridized carbons (Fsp3) is 0.480. The molecular weight excluding hydrogens is 456 g/mol. The molecule has 2 heterocycles. The molecule has 2 aliphatic rings. The van der Waals surface area contributed by atoms with Crippen molar-refractivity contribution in [2.24, 2.45) is 11.8 Å². The van der Waals surface area contributed by atoms with E-state index in [4.69, 9.17) is 32.8 Å². The second-order valence-electron chi connectivity index (χ2n) is 9.40. The van der Waals surface area contributed by atoms with Gasteiger partial charge in [-0.1, -0.05) is 6.07 Å². The van der Waals surface area contributed by atoms with Crippen molar-refractivity contribution < 1.29 is 37.6 Å². The summed E-state index contributed by atoms with van der Waals surface area (Å²) in [4.78, 5) is 12.9. The number of methoxy groups -OCH3 is 3. The molecule has 0 saturated carbocycles. The second-order valence-corrected chi connectivity index (χ2v) is 13.9. The van der Waals surface area contributed by atoms with Gasteiger partial charge >= 0.3 is 5.97 Å². The Balaban J connectivity index is 1.68. The Labute approximate surface area is 201 Å². The summed E-state index contributed by atoms with van der Waals surface area (Å²) in [6.45, 7) is 6.90. The van der Waals surface area contributed by atoms with Gasteiger partial charge in [0.15, 0.2) is 31.3 Å². The summed E-state index contributed by atoms with van der Waals surface area (Å²) in [6.07, 6.45) is 0.135. The zero-order valence-electron chi connectivity index (χ0n) is 20.5. The van der Waals surface area contributed by atoms with Crippen molar-refractivity contribution in [2.75, 3.05) is 34.7 Å². The SMILES string of the molecule is COc1cc(C[C@H]2C(=O)OC[C@@H]2[C@H](O[Si](C)(C)C)c2ccc3c(c2)OCO3)cc(OC)c1OC. The number of cyclic esters (lactones) is 1. The quantitative estimate of drug-likeness (QED) is 0.380. The van der Waals surface area contributed by atoms with Crippen molar-refractivity contribution >= 4 is 14.3 Å². The van der Waals surface area contributed by atoms with Crippen molar-refractivity contribution in [3.63, 3.8) is 0 Å². The molecule has 4 rings (SSSR count). The second kappa shape index (κ2) is 9.75. The highest BCUT2D eigenvalue weighted by Crippen LogP contribution is 2.44. The van der Waals surface area contributed by atoms with Gasteiger partial charge in [-0.15, -0.1) is 0 Å². The van der Waals surface area contributed by atoms with Crippen molar-refractivity contribution in [1.82, 2.24) is 0 Å². The van der Waals surface area contributed by atoms with Crippen LogP contribution in [-0.4, -0.2) is 49.0 Å². The van der Waals surface area contributed by atoms with Crippen LogP contribution in [0.15, 0.2) is 30.3 Å². The van der Waals surface area contributed by atoms with E-state index in [0.717, 1.165) is 11.1 Å². The fourth-order valence-electron chi connectivity index (χ4n) is 4.49. The van der Waals surface area contributed by atoms with Crippen LogP contribution in [0.2, 0.25) is 19.6 Å². The van der Waals surface area contributed by atoms with Gasteiger partial charge in [-0.25, -0.2) is 0 Å². The van der Waals surface area contributed by atoms with Crippen LogP contribution in [0, 0.1) is 11.8 Å².